The summed E-state index contributed by atoms with van der Waals surface area (Å²) in [7, 11) is 0. The minimum absolute atomic E-state index is 0.129. The highest BCUT2D eigenvalue weighted by atomic mass is 16.2. The smallest absolute Gasteiger partial charge is 0.223 e. The summed E-state index contributed by atoms with van der Waals surface area (Å²) in [5.74, 6) is 0.129. The fourth-order valence-electron chi connectivity index (χ4n) is 0.953. The van der Waals surface area contributed by atoms with Crippen LogP contribution in [-0.4, -0.2) is 17.4 Å². The minimum atomic E-state index is 0.129. The Balaban J connectivity index is 4.05. The second-order valence-corrected chi connectivity index (χ2v) is 3.27. The van der Waals surface area contributed by atoms with E-state index in [4.69, 9.17) is 0 Å². The molecule has 2 nitrogen and oxygen atoms in total. The van der Waals surface area contributed by atoms with Gasteiger partial charge in [0.1, 0.15) is 0 Å². The molecule has 1 amide bonds. The van der Waals surface area contributed by atoms with E-state index in [1.165, 1.54) is 5.57 Å². The summed E-state index contributed by atoms with van der Waals surface area (Å²) in [6.45, 7) is 8.58. The number of amides is 1. The van der Waals surface area contributed by atoms with Crippen molar-refractivity contribution < 1.29 is 4.79 Å². The molecular formula is C10H19NO. The van der Waals surface area contributed by atoms with Crippen molar-refractivity contribution in [1.82, 2.24) is 4.90 Å². The van der Waals surface area contributed by atoms with Crippen LogP contribution >= 0.6 is 0 Å². The fraction of sp³-hybridized carbons (Fsp3) is 0.700. The van der Waals surface area contributed by atoms with Crippen LogP contribution in [-0.2, 0) is 4.79 Å². The van der Waals surface area contributed by atoms with Gasteiger partial charge in [-0.05, 0) is 20.3 Å². The van der Waals surface area contributed by atoms with Crippen molar-refractivity contribution in [2.45, 2.75) is 40.5 Å². The molecule has 0 aliphatic rings. The molecule has 0 aromatic carbocycles. The number of allylic oxidation sites excluding steroid dienone is 1. The first-order valence-electron chi connectivity index (χ1n) is 4.50. The van der Waals surface area contributed by atoms with Crippen LogP contribution in [0, 0.1) is 0 Å². The molecule has 12 heavy (non-hydrogen) atoms. The average Bonchev–Trinajstić information content (AvgIpc) is 1.96. The molecule has 0 spiro atoms. The molecule has 2 heteroatoms. The van der Waals surface area contributed by atoms with Crippen molar-refractivity contribution in [3.63, 3.8) is 0 Å². The number of carbonyl (C=O) groups is 1. The third-order valence-corrected chi connectivity index (χ3v) is 1.57. The van der Waals surface area contributed by atoms with Gasteiger partial charge in [-0.3, -0.25) is 4.79 Å². The first kappa shape index (κ1) is 11.2. The van der Waals surface area contributed by atoms with Gasteiger partial charge in [0.25, 0.3) is 0 Å². The van der Waals surface area contributed by atoms with Gasteiger partial charge in [-0.25, -0.2) is 0 Å². The number of nitrogens with zero attached hydrogens (tertiary/aromatic N) is 1. The molecule has 0 bridgehead atoms. The van der Waals surface area contributed by atoms with Crippen LogP contribution in [0.3, 0.4) is 0 Å². The van der Waals surface area contributed by atoms with Crippen LogP contribution in [0.2, 0.25) is 0 Å². The van der Waals surface area contributed by atoms with Gasteiger partial charge in [-0.1, -0.05) is 18.9 Å². The lowest BCUT2D eigenvalue weighted by molar-refractivity contribution is -0.126. The summed E-state index contributed by atoms with van der Waals surface area (Å²) in [4.78, 5) is 12.8. The lowest BCUT2D eigenvalue weighted by Crippen LogP contribution is -2.24. The van der Waals surface area contributed by atoms with Crippen LogP contribution in [0.4, 0.5) is 0 Å². The lowest BCUT2D eigenvalue weighted by atomic mass is 10.3. The van der Waals surface area contributed by atoms with Gasteiger partial charge in [0.05, 0.1) is 0 Å². The summed E-state index contributed by atoms with van der Waals surface area (Å²) in [6, 6.07) is 0. The quantitative estimate of drug-likeness (QED) is 0.633. The molecule has 0 fully saturated rings. The standard InChI is InChI=1S/C10H19NO/c1-5-6-7-11(10(4)12)8-9(2)3/h8H,5-7H2,1-4H3. The molecule has 0 saturated carbocycles. The molecule has 0 saturated heterocycles. The van der Waals surface area contributed by atoms with E-state index in [1.807, 2.05) is 20.0 Å². The topological polar surface area (TPSA) is 20.3 Å². The monoisotopic (exact) mass is 169 g/mol. The molecule has 0 unspecified atom stereocenters. The SMILES string of the molecule is CCCCN(C=C(C)C)C(C)=O. The molecule has 0 aliphatic heterocycles. The molecule has 0 aromatic rings. The molecule has 0 aromatic heterocycles. The normalized spacial score (nSPS) is 9.33. The van der Waals surface area contributed by atoms with E-state index in [1.54, 1.807) is 11.8 Å². The summed E-state index contributed by atoms with van der Waals surface area (Å²) in [5.41, 5.74) is 1.17. The number of rotatable bonds is 4. The van der Waals surface area contributed by atoms with Gasteiger partial charge in [0.15, 0.2) is 0 Å². The van der Waals surface area contributed by atoms with Crippen molar-refractivity contribution in [3.05, 3.63) is 11.8 Å². The Bertz CT molecular complexity index is 169. The van der Waals surface area contributed by atoms with E-state index in [0.29, 0.717) is 0 Å². The Morgan fingerprint density at radius 3 is 2.25 bits per heavy atom. The Hall–Kier alpha value is -0.790. The van der Waals surface area contributed by atoms with E-state index >= 15 is 0 Å². The molecule has 0 heterocycles. The summed E-state index contributed by atoms with van der Waals surface area (Å²) in [5, 5.41) is 0. The predicted octanol–water partition coefficient (Wildman–Crippen LogP) is 2.56. The first-order chi connectivity index (χ1) is 5.57. The van der Waals surface area contributed by atoms with Crippen molar-refractivity contribution in [3.8, 4) is 0 Å². The van der Waals surface area contributed by atoms with Gasteiger partial charge in [0.2, 0.25) is 5.91 Å². The van der Waals surface area contributed by atoms with E-state index in [-0.39, 0.29) is 5.91 Å². The number of carbonyl (C=O) groups excluding carboxylic acids is 1. The zero-order chi connectivity index (χ0) is 9.56. The van der Waals surface area contributed by atoms with E-state index in [0.717, 1.165) is 19.4 Å². The van der Waals surface area contributed by atoms with Crippen molar-refractivity contribution in [2.24, 2.45) is 0 Å². The maximum absolute atomic E-state index is 11.1. The second kappa shape index (κ2) is 5.81. The highest BCUT2D eigenvalue weighted by Gasteiger charge is 2.03. The van der Waals surface area contributed by atoms with Crippen molar-refractivity contribution >= 4 is 5.91 Å². The van der Waals surface area contributed by atoms with E-state index in [9.17, 15) is 4.79 Å². The number of hydrogen-bond acceptors (Lipinski definition) is 1. The van der Waals surface area contributed by atoms with E-state index < -0.39 is 0 Å². The van der Waals surface area contributed by atoms with Crippen LogP contribution in [0.5, 0.6) is 0 Å². The lowest BCUT2D eigenvalue weighted by Gasteiger charge is -2.16. The Kier molecular flexibility index (Phi) is 5.43. The molecule has 0 radical (unpaired) electrons. The summed E-state index contributed by atoms with van der Waals surface area (Å²) < 4.78 is 0. The zero-order valence-corrected chi connectivity index (χ0v) is 8.55. The second-order valence-electron chi connectivity index (χ2n) is 3.27. The summed E-state index contributed by atoms with van der Waals surface area (Å²) >= 11 is 0. The molecule has 0 aliphatic carbocycles. The largest absolute Gasteiger partial charge is 0.319 e. The third-order valence-electron chi connectivity index (χ3n) is 1.57. The number of unbranched alkanes of at least 4 members (excludes halogenated alkanes) is 1. The highest BCUT2D eigenvalue weighted by Crippen LogP contribution is 2.00. The van der Waals surface area contributed by atoms with Gasteiger partial charge in [-0.2, -0.15) is 0 Å². The summed E-state index contributed by atoms with van der Waals surface area (Å²) in [6.07, 6.45) is 4.11. The minimum Gasteiger partial charge on any atom is -0.319 e. The van der Waals surface area contributed by atoms with Crippen LogP contribution in [0.25, 0.3) is 0 Å². The molecule has 0 N–H and O–H groups in total. The Labute approximate surface area is 75.3 Å². The van der Waals surface area contributed by atoms with E-state index in [2.05, 4.69) is 6.92 Å². The van der Waals surface area contributed by atoms with Gasteiger partial charge >= 0.3 is 0 Å². The van der Waals surface area contributed by atoms with Gasteiger partial charge < -0.3 is 4.90 Å². The van der Waals surface area contributed by atoms with Crippen molar-refractivity contribution in [2.75, 3.05) is 6.54 Å². The van der Waals surface area contributed by atoms with Crippen LogP contribution in [0.1, 0.15) is 40.5 Å². The maximum atomic E-state index is 11.1. The Morgan fingerprint density at radius 2 is 1.92 bits per heavy atom. The highest BCUT2D eigenvalue weighted by molar-refractivity contribution is 5.74. The molecular weight excluding hydrogens is 150 g/mol. The van der Waals surface area contributed by atoms with Crippen molar-refractivity contribution in [1.29, 1.82) is 0 Å². The number of hydrogen-bond donors (Lipinski definition) is 0. The van der Waals surface area contributed by atoms with Gasteiger partial charge in [-0.15, -0.1) is 0 Å². The third kappa shape index (κ3) is 4.94. The maximum Gasteiger partial charge on any atom is 0.223 e. The molecule has 70 valence electrons. The van der Waals surface area contributed by atoms with Crippen LogP contribution in [0.15, 0.2) is 11.8 Å². The fourth-order valence-corrected chi connectivity index (χ4v) is 0.953. The first-order valence-corrected chi connectivity index (χ1v) is 4.50. The van der Waals surface area contributed by atoms with Crippen LogP contribution < -0.4 is 0 Å². The predicted molar refractivity (Wildman–Crippen MR) is 51.7 cm³/mol. The molecule has 0 rings (SSSR count). The zero-order valence-electron chi connectivity index (χ0n) is 8.55. The molecule has 0 atom stereocenters. The van der Waals surface area contributed by atoms with Gasteiger partial charge in [0, 0.05) is 19.7 Å². The Morgan fingerprint density at radius 1 is 1.33 bits per heavy atom. The average molecular weight is 169 g/mol.